The van der Waals surface area contributed by atoms with Gasteiger partial charge in [0.25, 0.3) is 11.5 Å². The summed E-state index contributed by atoms with van der Waals surface area (Å²) in [6.07, 6.45) is 0. The van der Waals surface area contributed by atoms with Crippen LogP contribution in [0.2, 0.25) is 0 Å². The molecule has 1 saturated heterocycles. The first-order valence-electron chi connectivity index (χ1n) is 9.75. The number of aromatic nitrogens is 1. The summed E-state index contributed by atoms with van der Waals surface area (Å²) in [6.45, 7) is 5.53. The van der Waals surface area contributed by atoms with Gasteiger partial charge in [-0.25, -0.2) is 4.98 Å². The fraction of sp³-hybridized carbons (Fsp3) is 0.174. The van der Waals surface area contributed by atoms with Gasteiger partial charge in [0, 0.05) is 22.6 Å². The molecule has 1 fully saturated rings. The van der Waals surface area contributed by atoms with Crippen LogP contribution in [0, 0.1) is 30.9 Å². The number of nitrogens with zero attached hydrogens (tertiary/aromatic N) is 3. The zero-order chi connectivity index (χ0) is 23.2. The molecule has 4 rings (SSSR count). The summed E-state index contributed by atoms with van der Waals surface area (Å²) >= 11 is 1.24. The number of carbonyl (C=O) groups excluding carboxylic acids is 2. The third kappa shape index (κ3) is 3.56. The van der Waals surface area contributed by atoms with E-state index in [-0.39, 0.29) is 17.0 Å². The fourth-order valence-corrected chi connectivity index (χ4v) is 4.52. The number of hydrogen-bond acceptors (Lipinski definition) is 7. The predicted molar refractivity (Wildman–Crippen MR) is 121 cm³/mol. The lowest BCUT2D eigenvalue weighted by Gasteiger charge is -2.22. The standard InChI is InChI=1S/C23H19N3O5S/c1-12-7-9-15(10-8-12)20(27)18-19(16-5-4-6-17(11-16)26(30)31)25(22(29)21(18)28)23-24-13(2)14(3)32-23/h4-11,19,27H,1-3H3/b20-18+/t19-/m0/s1. The summed E-state index contributed by atoms with van der Waals surface area (Å²) in [7, 11) is 0. The van der Waals surface area contributed by atoms with E-state index in [9.17, 15) is 24.8 Å². The van der Waals surface area contributed by atoms with Crippen LogP contribution in [-0.4, -0.2) is 26.7 Å². The smallest absolute Gasteiger partial charge is 0.301 e. The number of anilines is 1. The first kappa shape index (κ1) is 21.4. The van der Waals surface area contributed by atoms with Gasteiger partial charge < -0.3 is 5.11 Å². The molecule has 162 valence electrons. The molecule has 3 aromatic rings. The molecule has 1 aromatic heterocycles. The monoisotopic (exact) mass is 449 g/mol. The number of amides is 1. The summed E-state index contributed by atoms with van der Waals surface area (Å²) in [5.74, 6) is -2.05. The second-order valence-electron chi connectivity index (χ2n) is 7.53. The molecule has 0 saturated carbocycles. The molecule has 1 aliphatic heterocycles. The molecule has 2 aromatic carbocycles. The van der Waals surface area contributed by atoms with Crippen molar-refractivity contribution in [1.29, 1.82) is 0 Å². The van der Waals surface area contributed by atoms with Gasteiger partial charge in [-0.3, -0.25) is 24.6 Å². The Labute approximate surface area is 187 Å². The molecule has 32 heavy (non-hydrogen) atoms. The number of hydrogen-bond donors (Lipinski definition) is 1. The van der Waals surface area contributed by atoms with Crippen LogP contribution in [0.25, 0.3) is 5.76 Å². The second-order valence-corrected chi connectivity index (χ2v) is 8.71. The Balaban J connectivity index is 1.97. The van der Waals surface area contributed by atoms with Crippen LogP contribution in [-0.2, 0) is 9.59 Å². The van der Waals surface area contributed by atoms with Gasteiger partial charge in [-0.15, -0.1) is 11.3 Å². The highest BCUT2D eigenvalue weighted by molar-refractivity contribution is 7.16. The van der Waals surface area contributed by atoms with Crippen molar-refractivity contribution in [3.63, 3.8) is 0 Å². The number of rotatable bonds is 4. The van der Waals surface area contributed by atoms with Gasteiger partial charge in [0.1, 0.15) is 5.76 Å². The maximum absolute atomic E-state index is 13.1. The molecule has 8 nitrogen and oxygen atoms in total. The average molecular weight is 449 g/mol. The van der Waals surface area contributed by atoms with Crippen LogP contribution in [0.1, 0.15) is 33.3 Å². The lowest BCUT2D eigenvalue weighted by Crippen LogP contribution is -2.29. The molecular weight excluding hydrogens is 430 g/mol. The van der Waals surface area contributed by atoms with Gasteiger partial charge in [0.05, 0.1) is 22.2 Å². The molecule has 1 atom stereocenters. The van der Waals surface area contributed by atoms with Gasteiger partial charge in [-0.2, -0.15) is 0 Å². The Morgan fingerprint density at radius 3 is 2.41 bits per heavy atom. The second kappa shape index (κ2) is 8.01. The Kier molecular flexibility index (Phi) is 5.35. The topological polar surface area (TPSA) is 114 Å². The SMILES string of the molecule is Cc1ccc(/C(O)=C2\C(=O)C(=O)N(c3nc(C)c(C)s3)[C@H]2c2cccc([N+](=O)[O-])c2)cc1. The molecule has 0 unspecified atom stereocenters. The van der Waals surface area contributed by atoms with E-state index in [1.807, 2.05) is 13.8 Å². The van der Waals surface area contributed by atoms with E-state index in [1.165, 1.54) is 34.4 Å². The Morgan fingerprint density at radius 2 is 1.81 bits per heavy atom. The molecule has 0 spiro atoms. The van der Waals surface area contributed by atoms with Crippen molar-refractivity contribution in [3.8, 4) is 0 Å². The van der Waals surface area contributed by atoms with Gasteiger partial charge in [-0.1, -0.05) is 42.0 Å². The number of non-ortho nitro benzene ring substituents is 1. The minimum atomic E-state index is -1.05. The molecule has 0 aliphatic carbocycles. The zero-order valence-corrected chi connectivity index (χ0v) is 18.3. The maximum Gasteiger partial charge on any atom is 0.301 e. The summed E-state index contributed by atoms with van der Waals surface area (Å²) in [4.78, 5) is 43.5. The van der Waals surface area contributed by atoms with Crippen molar-refractivity contribution in [3.05, 3.63) is 91.5 Å². The molecule has 1 N–H and O–H groups in total. The van der Waals surface area contributed by atoms with Crippen LogP contribution in [0.4, 0.5) is 10.8 Å². The molecule has 9 heteroatoms. The predicted octanol–water partition coefficient (Wildman–Crippen LogP) is 4.60. The van der Waals surface area contributed by atoms with E-state index in [4.69, 9.17) is 0 Å². The molecule has 2 heterocycles. The number of nitro benzene ring substituents is 1. The first-order valence-corrected chi connectivity index (χ1v) is 10.6. The number of thiazole rings is 1. The third-order valence-corrected chi connectivity index (χ3v) is 6.46. The Morgan fingerprint density at radius 1 is 1.12 bits per heavy atom. The van der Waals surface area contributed by atoms with Crippen LogP contribution >= 0.6 is 11.3 Å². The van der Waals surface area contributed by atoms with Crippen molar-refractivity contribution >= 4 is 39.6 Å². The summed E-state index contributed by atoms with van der Waals surface area (Å²) in [5.41, 5.74) is 2.06. The normalized spacial score (nSPS) is 17.7. The largest absolute Gasteiger partial charge is 0.507 e. The zero-order valence-electron chi connectivity index (χ0n) is 17.5. The highest BCUT2D eigenvalue weighted by Crippen LogP contribution is 2.44. The van der Waals surface area contributed by atoms with Crippen molar-refractivity contribution in [2.75, 3.05) is 4.90 Å². The van der Waals surface area contributed by atoms with E-state index in [2.05, 4.69) is 4.98 Å². The highest BCUT2D eigenvalue weighted by Gasteiger charge is 2.48. The van der Waals surface area contributed by atoms with Gasteiger partial charge in [0.15, 0.2) is 5.13 Å². The first-order chi connectivity index (χ1) is 15.2. The van der Waals surface area contributed by atoms with Crippen molar-refractivity contribution in [2.24, 2.45) is 0 Å². The van der Waals surface area contributed by atoms with E-state index >= 15 is 0 Å². The molecule has 0 radical (unpaired) electrons. The van der Waals surface area contributed by atoms with Crippen molar-refractivity contribution in [2.45, 2.75) is 26.8 Å². The van der Waals surface area contributed by atoms with E-state index in [0.717, 1.165) is 10.4 Å². The van der Waals surface area contributed by atoms with Crippen molar-refractivity contribution in [1.82, 2.24) is 4.98 Å². The van der Waals surface area contributed by atoms with Crippen LogP contribution < -0.4 is 4.90 Å². The maximum atomic E-state index is 13.1. The number of aryl methyl sites for hydroxylation is 3. The Bertz CT molecular complexity index is 1270. The van der Waals surface area contributed by atoms with E-state index in [1.54, 1.807) is 37.3 Å². The minimum absolute atomic E-state index is 0.134. The number of Topliss-reactive ketones (excluding diaryl/α,β-unsaturated/α-hetero) is 1. The molecule has 1 aliphatic rings. The lowest BCUT2D eigenvalue weighted by atomic mass is 9.95. The molecular formula is C23H19N3O5S. The summed E-state index contributed by atoms with van der Waals surface area (Å²) in [5, 5.41) is 22.7. The number of benzene rings is 2. The Hall–Kier alpha value is -3.85. The van der Waals surface area contributed by atoms with Gasteiger partial charge >= 0.3 is 5.91 Å². The lowest BCUT2D eigenvalue weighted by molar-refractivity contribution is -0.384. The number of nitro groups is 1. The minimum Gasteiger partial charge on any atom is -0.507 e. The third-order valence-electron chi connectivity index (χ3n) is 5.39. The van der Waals surface area contributed by atoms with Crippen molar-refractivity contribution < 1.29 is 19.6 Å². The highest BCUT2D eigenvalue weighted by atomic mass is 32.1. The summed E-state index contributed by atoms with van der Waals surface area (Å²) in [6, 6.07) is 11.5. The van der Waals surface area contributed by atoms with Gasteiger partial charge in [-0.05, 0) is 26.3 Å². The van der Waals surface area contributed by atoms with E-state index in [0.29, 0.717) is 22.0 Å². The quantitative estimate of drug-likeness (QED) is 0.205. The molecule has 0 bridgehead atoms. The van der Waals surface area contributed by atoms with Crippen LogP contribution in [0.3, 0.4) is 0 Å². The molecule has 1 amide bonds. The summed E-state index contributed by atoms with van der Waals surface area (Å²) < 4.78 is 0. The van der Waals surface area contributed by atoms with E-state index < -0.39 is 22.7 Å². The van der Waals surface area contributed by atoms with Crippen LogP contribution in [0.15, 0.2) is 54.1 Å². The number of aliphatic hydroxyl groups excluding tert-OH is 1. The number of ketones is 1. The van der Waals surface area contributed by atoms with Gasteiger partial charge in [0.2, 0.25) is 0 Å². The average Bonchev–Trinajstić information content (AvgIpc) is 3.23. The van der Waals surface area contributed by atoms with Crippen LogP contribution in [0.5, 0.6) is 0 Å². The number of aliphatic hydroxyl groups is 1. The fourth-order valence-electron chi connectivity index (χ4n) is 3.58. The number of carbonyl (C=O) groups is 2.